The number of halogens is 2. The second kappa shape index (κ2) is 8.27. The third-order valence-electron chi connectivity index (χ3n) is 6.26. The molecule has 29 heavy (non-hydrogen) atoms. The summed E-state index contributed by atoms with van der Waals surface area (Å²) < 4.78 is 0. The second-order valence-corrected chi connectivity index (χ2v) is 8.92. The molecule has 0 bridgehead atoms. The molecule has 0 saturated carbocycles. The number of aliphatic hydroxyl groups excluding tert-OH is 1. The topological polar surface area (TPSA) is 43.8 Å². The lowest BCUT2D eigenvalue weighted by Gasteiger charge is -2.50. The highest BCUT2D eigenvalue weighted by molar-refractivity contribution is 6.42. The summed E-state index contributed by atoms with van der Waals surface area (Å²) in [5.74, 6) is 0.0933. The molecule has 0 aliphatic carbocycles. The van der Waals surface area contributed by atoms with E-state index in [1.165, 1.54) is 5.56 Å². The first-order valence-electron chi connectivity index (χ1n) is 10.1. The van der Waals surface area contributed by atoms with Crippen LogP contribution in [0, 0.1) is 0 Å². The summed E-state index contributed by atoms with van der Waals surface area (Å²) in [6.07, 6.45) is 2.26. The SMILES string of the molecule is CC(=O)[C@@]1(CN2CCCC(O)C2)c2ccccc2CCN1c1ccc(Cl)c(Cl)c1. The highest BCUT2D eigenvalue weighted by Crippen LogP contribution is 2.42. The van der Waals surface area contributed by atoms with Gasteiger partial charge in [-0.15, -0.1) is 0 Å². The Morgan fingerprint density at radius 2 is 1.97 bits per heavy atom. The van der Waals surface area contributed by atoms with Gasteiger partial charge < -0.3 is 10.0 Å². The van der Waals surface area contributed by atoms with Gasteiger partial charge in [-0.25, -0.2) is 0 Å². The van der Waals surface area contributed by atoms with Gasteiger partial charge in [0.15, 0.2) is 5.78 Å². The van der Waals surface area contributed by atoms with Crippen LogP contribution >= 0.6 is 23.2 Å². The maximum atomic E-state index is 13.4. The normalized spacial score (nSPS) is 25.0. The van der Waals surface area contributed by atoms with E-state index >= 15 is 0 Å². The molecule has 4 nitrogen and oxygen atoms in total. The van der Waals surface area contributed by atoms with Gasteiger partial charge in [0.25, 0.3) is 0 Å². The van der Waals surface area contributed by atoms with Crippen LogP contribution in [0.25, 0.3) is 0 Å². The molecule has 0 spiro atoms. The number of fused-ring (bicyclic) bond motifs is 1. The van der Waals surface area contributed by atoms with Crippen molar-refractivity contribution < 1.29 is 9.90 Å². The summed E-state index contributed by atoms with van der Waals surface area (Å²) in [6.45, 7) is 4.39. The lowest BCUT2D eigenvalue weighted by atomic mass is 9.76. The van der Waals surface area contributed by atoms with Gasteiger partial charge in [-0.05, 0) is 62.1 Å². The largest absolute Gasteiger partial charge is 0.392 e. The Hall–Kier alpha value is -1.59. The maximum absolute atomic E-state index is 13.4. The van der Waals surface area contributed by atoms with Crippen LogP contribution in [0.4, 0.5) is 5.69 Å². The van der Waals surface area contributed by atoms with Gasteiger partial charge >= 0.3 is 0 Å². The number of ketones is 1. The summed E-state index contributed by atoms with van der Waals surface area (Å²) >= 11 is 12.5. The van der Waals surface area contributed by atoms with E-state index in [0.717, 1.165) is 37.1 Å². The predicted molar refractivity (Wildman–Crippen MR) is 118 cm³/mol. The Bertz CT molecular complexity index is 920. The van der Waals surface area contributed by atoms with Crippen molar-refractivity contribution in [3.63, 3.8) is 0 Å². The summed E-state index contributed by atoms with van der Waals surface area (Å²) in [5, 5.41) is 11.2. The molecule has 2 atom stereocenters. The number of hydrogen-bond acceptors (Lipinski definition) is 4. The van der Waals surface area contributed by atoms with Crippen LogP contribution < -0.4 is 4.90 Å². The molecule has 0 amide bonds. The Kier molecular flexibility index (Phi) is 5.90. The zero-order valence-corrected chi connectivity index (χ0v) is 18.1. The van der Waals surface area contributed by atoms with E-state index in [1.807, 2.05) is 24.3 Å². The molecular weight excluding hydrogens is 407 g/mol. The molecule has 6 heteroatoms. The van der Waals surface area contributed by atoms with Gasteiger partial charge in [-0.1, -0.05) is 47.5 Å². The smallest absolute Gasteiger partial charge is 0.161 e. The fourth-order valence-electron chi connectivity index (χ4n) is 4.87. The average Bonchev–Trinajstić information content (AvgIpc) is 2.70. The van der Waals surface area contributed by atoms with Gasteiger partial charge in [0, 0.05) is 25.3 Å². The van der Waals surface area contributed by atoms with E-state index in [2.05, 4.69) is 21.9 Å². The number of benzene rings is 2. The van der Waals surface area contributed by atoms with Crippen LogP contribution in [0.5, 0.6) is 0 Å². The lowest BCUT2D eigenvalue weighted by Crippen LogP contribution is -2.62. The lowest BCUT2D eigenvalue weighted by molar-refractivity contribution is -0.124. The molecule has 1 N–H and O–H groups in total. The first kappa shape index (κ1) is 20.7. The van der Waals surface area contributed by atoms with E-state index in [0.29, 0.717) is 29.7 Å². The standard InChI is InChI=1S/C23H26Cl2N2O2/c1-16(28)23(15-26-11-4-6-19(29)14-26)20-7-3-2-5-17(20)10-12-27(23)18-8-9-21(24)22(25)13-18/h2-3,5,7-9,13,19,29H,4,6,10-12,14-15H2,1H3/t19?,23-/m0/s1. The average molecular weight is 433 g/mol. The molecule has 1 saturated heterocycles. The van der Waals surface area contributed by atoms with Crippen molar-refractivity contribution in [2.24, 2.45) is 0 Å². The van der Waals surface area contributed by atoms with Gasteiger partial charge in [0.2, 0.25) is 0 Å². The Morgan fingerprint density at radius 1 is 1.17 bits per heavy atom. The van der Waals surface area contributed by atoms with Crippen molar-refractivity contribution in [3.8, 4) is 0 Å². The molecule has 0 radical (unpaired) electrons. The molecule has 2 aliphatic rings. The summed E-state index contributed by atoms with van der Waals surface area (Å²) in [5.41, 5.74) is 2.31. The molecule has 2 aliphatic heterocycles. The number of nitrogens with zero attached hydrogens (tertiary/aromatic N) is 2. The van der Waals surface area contributed by atoms with Gasteiger partial charge in [0.1, 0.15) is 5.54 Å². The maximum Gasteiger partial charge on any atom is 0.161 e. The van der Waals surface area contributed by atoms with E-state index in [4.69, 9.17) is 23.2 Å². The van der Waals surface area contributed by atoms with E-state index in [-0.39, 0.29) is 11.9 Å². The van der Waals surface area contributed by atoms with Crippen molar-refractivity contribution in [3.05, 3.63) is 63.6 Å². The molecule has 2 aromatic carbocycles. The van der Waals surface area contributed by atoms with Crippen LogP contribution in [0.1, 0.15) is 30.9 Å². The van der Waals surface area contributed by atoms with Crippen LogP contribution in [-0.4, -0.2) is 48.1 Å². The fourth-order valence-corrected chi connectivity index (χ4v) is 5.16. The number of anilines is 1. The first-order chi connectivity index (χ1) is 13.9. The number of Topliss-reactive ketones (excluding diaryl/α,β-unsaturated/α-hetero) is 1. The minimum absolute atomic E-state index is 0.0933. The van der Waals surface area contributed by atoms with Crippen molar-refractivity contribution in [1.29, 1.82) is 0 Å². The Labute approximate surface area is 182 Å². The van der Waals surface area contributed by atoms with Crippen molar-refractivity contribution in [1.82, 2.24) is 4.90 Å². The third kappa shape index (κ3) is 3.79. The van der Waals surface area contributed by atoms with Crippen LogP contribution in [0.3, 0.4) is 0 Å². The second-order valence-electron chi connectivity index (χ2n) is 8.10. The van der Waals surface area contributed by atoms with Crippen molar-refractivity contribution in [2.45, 2.75) is 37.8 Å². The number of β-amino-alcohol motifs (C(OH)–C–C–N with tert-alkyl or cyclic N) is 1. The minimum Gasteiger partial charge on any atom is -0.392 e. The predicted octanol–water partition coefficient (Wildman–Crippen LogP) is 4.30. The van der Waals surface area contributed by atoms with Gasteiger partial charge in [-0.3, -0.25) is 9.69 Å². The summed E-state index contributed by atoms with van der Waals surface area (Å²) in [7, 11) is 0. The van der Waals surface area contributed by atoms with E-state index in [1.54, 1.807) is 13.0 Å². The summed E-state index contributed by atoms with van der Waals surface area (Å²) in [4.78, 5) is 17.8. The quantitative estimate of drug-likeness (QED) is 0.781. The number of piperidine rings is 1. The van der Waals surface area contributed by atoms with E-state index in [9.17, 15) is 9.90 Å². The number of rotatable bonds is 4. The zero-order chi connectivity index (χ0) is 20.6. The van der Waals surface area contributed by atoms with Crippen LogP contribution in [0.2, 0.25) is 10.0 Å². The van der Waals surface area contributed by atoms with Crippen molar-refractivity contribution >= 4 is 34.7 Å². The van der Waals surface area contributed by atoms with E-state index < -0.39 is 5.54 Å². The number of aliphatic hydroxyl groups is 1. The van der Waals surface area contributed by atoms with Gasteiger partial charge in [0.05, 0.1) is 16.1 Å². The number of carbonyl (C=O) groups excluding carboxylic acids is 1. The first-order valence-corrected chi connectivity index (χ1v) is 10.9. The highest BCUT2D eigenvalue weighted by Gasteiger charge is 2.48. The molecule has 0 aromatic heterocycles. The van der Waals surface area contributed by atoms with Crippen molar-refractivity contribution in [2.75, 3.05) is 31.1 Å². The number of hydrogen-bond donors (Lipinski definition) is 1. The molecule has 2 aromatic rings. The monoisotopic (exact) mass is 432 g/mol. The van der Waals surface area contributed by atoms with Crippen LogP contribution in [-0.2, 0) is 16.8 Å². The molecule has 2 heterocycles. The summed E-state index contributed by atoms with van der Waals surface area (Å²) in [6, 6.07) is 13.8. The van der Waals surface area contributed by atoms with Crippen LogP contribution in [0.15, 0.2) is 42.5 Å². The Balaban J connectivity index is 1.84. The molecular formula is C23H26Cl2N2O2. The molecule has 154 valence electrons. The van der Waals surface area contributed by atoms with Gasteiger partial charge in [-0.2, -0.15) is 0 Å². The number of carbonyl (C=O) groups is 1. The molecule has 4 rings (SSSR count). The minimum atomic E-state index is -0.830. The molecule has 1 fully saturated rings. The number of likely N-dealkylation sites (tertiary alicyclic amines) is 1. The fraction of sp³-hybridized carbons (Fsp3) is 0.435. The Morgan fingerprint density at radius 3 is 2.69 bits per heavy atom. The molecule has 1 unspecified atom stereocenters. The third-order valence-corrected chi connectivity index (χ3v) is 7.00. The zero-order valence-electron chi connectivity index (χ0n) is 16.6. The highest BCUT2D eigenvalue weighted by atomic mass is 35.5.